The second-order valence-electron chi connectivity index (χ2n) is 10.4. The molecule has 0 aliphatic carbocycles. The van der Waals surface area contributed by atoms with Crippen molar-refractivity contribution < 1.29 is 19.1 Å². The van der Waals surface area contributed by atoms with Crippen molar-refractivity contribution in [3.05, 3.63) is 89.6 Å². The number of carbonyl (C=O) groups is 2. The van der Waals surface area contributed by atoms with Gasteiger partial charge in [-0.15, -0.1) is 0 Å². The number of hydrogen-bond acceptors (Lipinski definition) is 5. The molecule has 7 nitrogen and oxygen atoms in total. The number of methoxy groups -OCH3 is 2. The highest BCUT2D eigenvalue weighted by atomic mass is 16.5. The van der Waals surface area contributed by atoms with Gasteiger partial charge >= 0.3 is 0 Å². The molecule has 2 heterocycles. The molecule has 0 bridgehead atoms. The average molecular weight is 510 g/mol. The van der Waals surface area contributed by atoms with Crippen molar-refractivity contribution in [3.8, 4) is 22.6 Å². The van der Waals surface area contributed by atoms with Gasteiger partial charge in [0.15, 0.2) is 0 Å². The van der Waals surface area contributed by atoms with E-state index in [2.05, 4.69) is 5.32 Å². The highest BCUT2D eigenvalue weighted by Crippen LogP contribution is 2.41. The van der Waals surface area contributed by atoms with E-state index in [0.29, 0.717) is 28.3 Å². The van der Waals surface area contributed by atoms with Gasteiger partial charge in [-0.25, -0.2) is 0 Å². The maximum Gasteiger partial charge on any atom is 0.257 e. The van der Waals surface area contributed by atoms with Gasteiger partial charge in [-0.2, -0.15) is 0 Å². The predicted octanol–water partition coefficient (Wildman–Crippen LogP) is 5.53. The van der Waals surface area contributed by atoms with E-state index in [4.69, 9.17) is 14.5 Å². The molecular formula is C31H31N3O4. The fourth-order valence-electron chi connectivity index (χ4n) is 4.95. The molecule has 1 N–H and O–H groups in total. The van der Waals surface area contributed by atoms with Crippen LogP contribution in [0.5, 0.6) is 11.5 Å². The van der Waals surface area contributed by atoms with Crippen molar-refractivity contribution in [1.29, 1.82) is 0 Å². The van der Waals surface area contributed by atoms with E-state index in [1.807, 2.05) is 81.4 Å². The van der Waals surface area contributed by atoms with Gasteiger partial charge in [-0.05, 0) is 62.2 Å². The molecule has 3 aromatic carbocycles. The topological polar surface area (TPSA) is 80.8 Å². The number of aromatic nitrogens is 1. The molecule has 4 aromatic rings. The average Bonchev–Trinajstić information content (AvgIpc) is 3.22. The van der Waals surface area contributed by atoms with Crippen LogP contribution in [0.1, 0.15) is 48.4 Å². The number of hydrogen-bond donors (Lipinski definition) is 1. The monoisotopic (exact) mass is 509 g/mol. The Morgan fingerprint density at radius 3 is 2.21 bits per heavy atom. The minimum atomic E-state index is -0.844. The fraction of sp³-hybridized carbons (Fsp3) is 0.258. The first kappa shape index (κ1) is 25.3. The Morgan fingerprint density at radius 2 is 1.58 bits per heavy atom. The van der Waals surface area contributed by atoms with Crippen LogP contribution in [-0.4, -0.2) is 41.5 Å². The molecule has 0 fully saturated rings. The quantitative estimate of drug-likeness (QED) is 0.370. The Labute approximate surface area is 222 Å². The summed E-state index contributed by atoms with van der Waals surface area (Å²) < 4.78 is 10.8. The van der Waals surface area contributed by atoms with Crippen LogP contribution in [0, 0.1) is 0 Å². The van der Waals surface area contributed by atoms with Crippen LogP contribution in [0.2, 0.25) is 0 Å². The second kappa shape index (κ2) is 9.82. The Bertz CT molecular complexity index is 1510. The van der Waals surface area contributed by atoms with Crippen LogP contribution < -0.4 is 14.8 Å². The lowest BCUT2D eigenvalue weighted by Crippen LogP contribution is -2.48. The molecule has 1 unspecified atom stereocenters. The van der Waals surface area contributed by atoms with Gasteiger partial charge in [0.05, 0.1) is 37.5 Å². The van der Waals surface area contributed by atoms with Crippen LogP contribution in [-0.2, 0) is 11.3 Å². The standard InChI is InChI=1S/C31H31N3O4/c1-31(2,3)33-29(35)28(20-11-13-21(37-4)14-12-20)34-18-25-27(30(34)36)26(19-9-7-6-8-10-19)23-17-22(38-5)15-16-24(23)32-25/h6-17,28H,18H2,1-5H3,(H,33,35). The molecule has 1 aliphatic heterocycles. The summed E-state index contributed by atoms with van der Waals surface area (Å²) in [6.07, 6.45) is 0. The van der Waals surface area contributed by atoms with Crippen molar-refractivity contribution in [2.45, 2.75) is 38.9 Å². The first-order valence-electron chi connectivity index (χ1n) is 12.5. The van der Waals surface area contributed by atoms with E-state index in [-0.39, 0.29) is 18.4 Å². The van der Waals surface area contributed by atoms with Gasteiger partial charge in [0, 0.05) is 16.5 Å². The maximum absolute atomic E-state index is 14.2. The molecule has 0 saturated heterocycles. The van der Waals surface area contributed by atoms with E-state index in [1.165, 1.54) is 0 Å². The lowest BCUT2D eigenvalue weighted by Gasteiger charge is -2.31. The van der Waals surface area contributed by atoms with E-state index in [1.54, 1.807) is 31.3 Å². The highest BCUT2D eigenvalue weighted by molar-refractivity contribution is 6.12. The number of ether oxygens (including phenoxy) is 2. The molecule has 2 amide bonds. The third-order valence-corrected chi connectivity index (χ3v) is 6.61. The number of fused-ring (bicyclic) bond motifs is 2. The second-order valence-corrected chi connectivity index (χ2v) is 10.4. The third kappa shape index (κ3) is 4.67. The summed E-state index contributed by atoms with van der Waals surface area (Å²) in [6.45, 7) is 5.98. The minimum Gasteiger partial charge on any atom is -0.497 e. The van der Waals surface area contributed by atoms with E-state index >= 15 is 0 Å². The normalized spacial score (nSPS) is 13.8. The van der Waals surface area contributed by atoms with E-state index in [9.17, 15) is 9.59 Å². The van der Waals surface area contributed by atoms with Crippen LogP contribution in [0.4, 0.5) is 0 Å². The molecule has 1 atom stereocenters. The third-order valence-electron chi connectivity index (χ3n) is 6.61. The summed E-state index contributed by atoms with van der Waals surface area (Å²) in [5.74, 6) is 0.865. The van der Waals surface area contributed by atoms with Gasteiger partial charge in [0.25, 0.3) is 5.91 Å². The number of rotatable bonds is 6. The maximum atomic E-state index is 14.2. The van der Waals surface area contributed by atoms with Gasteiger partial charge in [-0.3, -0.25) is 14.6 Å². The Morgan fingerprint density at radius 1 is 0.921 bits per heavy atom. The molecule has 38 heavy (non-hydrogen) atoms. The zero-order valence-electron chi connectivity index (χ0n) is 22.2. The Hall–Kier alpha value is -4.39. The summed E-state index contributed by atoms with van der Waals surface area (Å²) in [4.78, 5) is 34.4. The number of amides is 2. The number of benzene rings is 3. The minimum absolute atomic E-state index is 0.213. The molecule has 1 aliphatic rings. The van der Waals surface area contributed by atoms with Crippen molar-refractivity contribution in [3.63, 3.8) is 0 Å². The van der Waals surface area contributed by atoms with Crippen LogP contribution in [0.15, 0.2) is 72.8 Å². The van der Waals surface area contributed by atoms with Gasteiger partial charge in [-0.1, -0.05) is 42.5 Å². The van der Waals surface area contributed by atoms with Crippen molar-refractivity contribution >= 4 is 22.7 Å². The molecule has 0 saturated carbocycles. The number of nitrogens with one attached hydrogen (secondary N) is 1. The molecule has 0 radical (unpaired) electrons. The smallest absolute Gasteiger partial charge is 0.257 e. The molecule has 0 spiro atoms. The van der Waals surface area contributed by atoms with Crippen molar-refractivity contribution in [1.82, 2.24) is 15.2 Å². The van der Waals surface area contributed by atoms with Gasteiger partial charge in [0.1, 0.15) is 17.5 Å². The SMILES string of the molecule is COc1ccc(C(C(=O)NC(C)(C)C)N2Cc3nc4ccc(OC)cc4c(-c4ccccc4)c3C2=O)cc1. The number of carbonyl (C=O) groups excluding carboxylic acids is 2. The Balaban J connectivity index is 1.68. The lowest BCUT2D eigenvalue weighted by molar-refractivity contribution is -0.127. The predicted molar refractivity (Wildman–Crippen MR) is 147 cm³/mol. The van der Waals surface area contributed by atoms with E-state index < -0.39 is 11.6 Å². The first-order chi connectivity index (χ1) is 18.2. The van der Waals surface area contributed by atoms with Crippen molar-refractivity contribution in [2.24, 2.45) is 0 Å². The zero-order valence-corrected chi connectivity index (χ0v) is 22.2. The summed E-state index contributed by atoms with van der Waals surface area (Å²) in [6, 6.07) is 21.9. The van der Waals surface area contributed by atoms with Crippen LogP contribution in [0.25, 0.3) is 22.0 Å². The summed E-state index contributed by atoms with van der Waals surface area (Å²) in [5.41, 5.74) is 3.84. The van der Waals surface area contributed by atoms with Gasteiger partial charge in [0.2, 0.25) is 5.91 Å². The lowest BCUT2D eigenvalue weighted by atomic mass is 9.94. The summed E-state index contributed by atoms with van der Waals surface area (Å²) >= 11 is 0. The first-order valence-corrected chi connectivity index (χ1v) is 12.5. The summed E-state index contributed by atoms with van der Waals surface area (Å²) in [7, 11) is 3.21. The summed E-state index contributed by atoms with van der Waals surface area (Å²) in [5, 5.41) is 3.89. The number of nitrogens with zero attached hydrogens (tertiary/aromatic N) is 2. The molecular weight excluding hydrogens is 478 g/mol. The largest absolute Gasteiger partial charge is 0.497 e. The molecule has 5 rings (SSSR count). The molecule has 7 heteroatoms. The zero-order chi connectivity index (χ0) is 27.0. The van der Waals surface area contributed by atoms with Crippen molar-refractivity contribution in [2.75, 3.05) is 14.2 Å². The number of pyridine rings is 1. The van der Waals surface area contributed by atoms with Crippen LogP contribution in [0.3, 0.4) is 0 Å². The molecule has 194 valence electrons. The Kier molecular flexibility index (Phi) is 6.53. The van der Waals surface area contributed by atoms with Crippen LogP contribution >= 0.6 is 0 Å². The highest BCUT2D eigenvalue weighted by Gasteiger charge is 2.41. The molecule has 1 aromatic heterocycles. The van der Waals surface area contributed by atoms with Gasteiger partial charge < -0.3 is 19.7 Å². The van der Waals surface area contributed by atoms with E-state index in [0.717, 1.165) is 22.0 Å². The fourth-order valence-corrected chi connectivity index (χ4v) is 4.95.